The van der Waals surface area contributed by atoms with E-state index >= 15 is 0 Å². The molecule has 1 unspecified atom stereocenters. The Hall–Kier alpha value is -1.88. The summed E-state index contributed by atoms with van der Waals surface area (Å²) in [6, 6.07) is 4.92. The van der Waals surface area contributed by atoms with E-state index < -0.39 is 5.60 Å². The third-order valence-corrected chi connectivity index (χ3v) is 2.73. The highest BCUT2D eigenvalue weighted by atomic mass is 16.3. The molecule has 0 radical (unpaired) electrons. The van der Waals surface area contributed by atoms with Gasteiger partial charge in [0.25, 0.3) is 0 Å². The molecule has 0 aliphatic heterocycles. The van der Waals surface area contributed by atoms with Gasteiger partial charge in [-0.25, -0.2) is 9.67 Å². The van der Waals surface area contributed by atoms with Crippen molar-refractivity contribution in [2.75, 3.05) is 0 Å². The number of phenolic OH excluding ortho intramolecular Hbond substituents is 1. The second-order valence-electron chi connectivity index (χ2n) is 4.37. The molecule has 0 spiro atoms. The zero-order valence-corrected chi connectivity index (χ0v) is 9.83. The van der Waals surface area contributed by atoms with Gasteiger partial charge in [0.1, 0.15) is 24.0 Å². The number of benzene rings is 1. The number of phenols is 1. The molecule has 5 heteroatoms. The highest BCUT2D eigenvalue weighted by molar-refractivity contribution is 5.37. The van der Waals surface area contributed by atoms with Gasteiger partial charge in [0.15, 0.2) is 0 Å². The zero-order valence-electron chi connectivity index (χ0n) is 9.83. The zero-order chi connectivity index (χ0) is 12.5. The molecule has 2 rings (SSSR count). The standard InChI is InChI=1S/C12H15N3O2/c1-9-5-10(16)3-4-11(9)12(2,17)6-15-8-13-7-14-15/h3-5,7-8,16-17H,6H2,1-2H3. The molecule has 0 saturated heterocycles. The lowest BCUT2D eigenvalue weighted by Gasteiger charge is -2.25. The van der Waals surface area contributed by atoms with Crippen molar-refractivity contribution in [3.8, 4) is 5.75 Å². The van der Waals surface area contributed by atoms with Crippen LogP contribution in [-0.2, 0) is 12.1 Å². The van der Waals surface area contributed by atoms with Gasteiger partial charge in [0, 0.05) is 0 Å². The van der Waals surface area contributed by atoms with Crippen molar-refractivity contribution < 1.29 is 10.2 Å². The van der Waals surface area contributed by atoms with Crippen LogP contribution in [0.4, 0.5) is 0 Å². The van der Waals surface area contributed by atoms with Crippen LogP contribution < -0.4 is 0 Å². The monoisotopic (exact) mass is 233 g/mol. The Labute approximate surface area is 99.4 Å². The van der Waals surface area contributed by atoms with Gasteiger partial charge in [0.05, 0.1) is 6.54 Å². The van der Waals surface area contributed by atoms with Crippen LogP contribution in [0.1, 0.15) is 18.1 Å². The third-order valence-electron chi connectivity index (χ3n) is 2.73. The summed E-state index contributed by atoms with van der Waals surface area (Å²) >= 11 is 0. The molecule has 0 amide bonds. The van der Waals surface area contributed by atoms with Crippen molar-refractivity contribution in [3.05, 3.63) is 42.0 Å². The second-order valence-corrected chi connectivity index (χ2v) is 4.37. The van der Waals surface area contributed by atoms with Crippen molar-refractivity contribution in [2.45, 2.75) is 26.0 Å². The Kier molecular flexibility index (Phi) is 2.85. The molecular weight excluding hydrogens is 218 g/mol. The summed E-state index contributed by atoms with van der Waals surface area (Å²) in [5.74, 6) is 0.197. The maximum Gasteiger partial charge on any atom is 0.137 e. The SMILES string of the molecule is Cc1cc(O)ccc1C(C)(O)Cn1cncn1. The Morgan fingerprint density at radius 3 is 2.76 bits per heavy atom. The molecule has 0 aliphatic carbocycles. The van der Waals surface area contributed by atoms with E-state index in [9.17, 15) is 10.2 Å². The quantitative estimate of drug-likeness (QED) is 0.835. The molecule has 0 saturated carbocycles. The number of aryl methyl sites for hydroxylation is 1. The number of aliphatic hydroxyl groups is 1. The van der Waals surface area contributed by atoms with E-state index in [2.05, 4.69) is 10.1 Å². The van der Waals surface area contributed by atoms with Gasteiger partial charge in [-0.1, -0.05) is 6.07 Å². The van der Waals surface area contributed by atoms with Crippen LogP contribution in [0.3, 0.4) is 0 Å². The molecule has 1 heterocycles. The number of aromatic hydroxyl groups is 1. The summed E-state index contributed by atoms with van der Waals surface area (Å²) in [5, 5.41) is 23.8. The van der Waals surface area contributed by atoms with E-state index in [1.54, 1.807) is 36.1 Å². The molecule has 0 aliphatic rings. The van der Waals surface area contributed by atoms with Crippen molar-refractivity contribution in [2.24, 2.45) is 0 Å². The van der Waals surface area contributed by atoms with Crippen LogP contribution in [0.25, 0.3) is 0 Å². The highest BCUT2D eigenvalue weighted by Gasteiger charge is 2.26. The van der Waals surface area contributed by atoms with Crippen molar-refractivity contribution in [3.63, 3.8) is 0 Å². The van der Waals surface area contributed by atoms with Crippen LogP contribution in [0.15, 0.2) is 30.9 Å². The topological polar surface area (TPSA) is 71.2 Å². The summed E-state index contributed by atoms with van der Waals surface area (Å²) < 4.78 is 1.58. The highest BCUT2D eigenvalue weighted by Crippen LogP contribution is 2.27. The molecule has 1 aromatic heterocycles. The van der Waals surface area contributed by atoms with E-state index in [0.29, 0.717) is 6.54 Å². The van der Waals surface area contributed by atoms with Crippen LogP contribution in [0, 0.1) is 6.92 Å². The summed E-state index contributed by atoms with van der Waals surface area (Å²) in [6.07, 6.45) is 2.99. The van der Waals surface area contributed by atoms with Crippen molar-refractivity contribution in [1.29, 1.82) is 0 Å². The second kappa shape index (κ2) is 4.18. The number of nitrogens with zero attached hydrogens (tertiary/aromatic N) is 3. The van der Waals surface area contributed by atoms with Crippen LogP contribution in [0.2, 0.25) is 0 Å². The lowest BCUT2D eigenvalue weighted by Crippen LogP contribution is -2.28. The Morgan fingerprint density at radius 2 is 2.18 bits per heavy atom. The van der Waals surface area contributed by atoms with Crippen molar-refractivity contribution in [1.82, 2.24) is 14.8 Å². The Morgan fingerprint density at radius 1 is 1.41 bits per heavy atom. The number of rotatable bonds is 3. The molecule has 0 bridgehead atoms. The molecule has 90 valence electrons. The van der Waals surface area contributed by atoms with Gasteiger partial charge < -0.3 is 10.2 Å². The first-order chi connectivity index (χ1) is 7.99. The van der Waals surface area contributed by atoms with Crippen LogP contribution in [0.5, 0.6) is 5.75 Å². The van der Waals surface area contributed by atoms with E-state index in [0.717, 1.165) is 11.1 Å². The summed E-state index contributed by atoms with van der Waals surface area (Å²) in [7, 11) is 0. The van der Waals surface area contributed by atoms with E-state index in [4.69, 9.17) is 0 Å². The van der Waals surface area contributed by atoms with Crippen LogP contribution in [-0.4, -0.2) is 25.0 Å². The molecular formula is C12H15N3O2. The Balaban J connectivity index is 2.30. The summed E-state index contributed by atoms with van der Waals surface area (Å²) in [6.45, 7) is 3.89. The van der Waals surface area contributed by atoms with Gasteiger partial charge in [-0.15, -0.1) is 0 Å². The molecule has 17 heavy (non-hydrogen) atoms. The normalized spacial score (nSPS) is 14.5. The fourth-order valence-corrected chi connectivity index (χ4v) is 1.97. The van der Waals surface area contributed by atoms with Gasteiger partial charge in [0.2, 0.25) is 0 Å². The minimum Gasteiger partial charge on any atom is -0.508 e. The van der Waals surface area contributed by atoms with E-state index in [1.165, 1.54) is 6.33 Å². The maximum absolute atomic E-state index is 10.5. The fraction of sp³-hybridized carbons (Fsp3) is 0.333. The predicted molar refractivity (Wildman–Crippen MR) is 62.4 cm³/mol. The molecule has 1 aromatic carbocycles. The minimum absolute atomic E-state index is 0.197. The minimum atomic E-state index is -1.05. The number of aromatic nitrogens is 3. The smallest absolute Gasteiger partial charge is 0.137 e. The molecule has 0 fully saturated rings. The average molecular weight is 233 g/mol. The van der Waals surface area contributed by atoms with Gasteiger partial charge >= 0.3 is 0 Å². The number of hydrogen-bond donors (Lipinski definition) is 2. The van der Waals surface area contributed by atoms with E-state index in [-0.39, 0.29) is 5.75 Å². The first-order valence-corrected chi connectivity index (χ1v) is 5.34. The molecule has 2 aromatic rings. The lowest BCUT2D eigenvalue weighted by atomic mass is 9.92. The fourth-order valence-electron chi connectivity index (χ4n) is 1.97. The lowest BCUT2D eigenvalue weighted by molar-refractivity contribution is 0.0339. The molecule has 1 atom stereocenters. The van der Waals surface area contributed by atoms with Crippen molar-refractivity contribution >= 4 is 0 Å². The Bertz CT molecular complexity index is 506. The predicted octanol–water partition coefficient (Wildman–Crippen LogP) is 1.20. The van der Waals surface area contributed by atoms with E-state index in [1.807, 2.05) is 6.92 Å². The van der Waals surface area contributed by atoms with Gasteiger partial charge in [-0.05, 0) is 37.1 Å². The summed E-state index contributed by atoms with van der Waals surface area (Å²) in [5.41, 5.74) is 0.562. The molecule has 2 N–H and O–H groups in total. The van der Waals surface area contributed by atoms with Gasteiger partial charge in [-0.3, -0.25) is 0 Å². The number of hydrogen-bond acceptors (Lipinski definition) is 4. The van der Waals surface area contributed by atoms with Crippen LogP contribution >= 0.6 is 0 Å². The first-order valence-electron chi connectivity index (χ1n) is 5.34. The molecule has 5 nitrogen and oxygen atoms in total. The maximum atomic E-state index is 10.5. The average Bonchev–Trinajstić information content (AvgIpc) is 2.68. The largest absolute Gasteiger partial charge is 0.508 e. The van der Waals surface area contributed by atoms with Gasteiger partial charge in [-0.2, -0.15) is 5.10 Å². The first kappa shape index (κ1) is 11.6. The third kappa shape index (κ3) is 2.45. The summed E-state index contributed by atoms with van der Waals surface area (Å²) in [4.78, 5) is 3.84.